The van der Waals surface area contributed by atoms with Crippen LogP contribution >= 0.6 is 0 Å². The number of nitrogens with zero attached hydrogens (tertiary/aromatic N) is 1. The smallest absolute Gasteiger partial charge is 0.0630 e. The summed E-state index contributed by atoms with van der Waals surface area (Å²) in [7, 11) is 0. The van der Waals surface area contributed by atoms with Gasteiger partial charge in [-0.3, -0.25) is 4.99 Å². The Kier molecular flexibility index (Phi) is 2.42. The van der Waals surface area contributed by atoms with Crippen molar-refractivity contribution in [1.82, 2.24) is 0 Å². The molecule has 1 rings (SSSR count). The van der Waals surface area contributed by atoms with Gasteiger partial charge in [0.2, 0.25) is 0 Å². The summed E-state index contributed by atoms with van der Waals surface area (Å²) in [5, 5.41) is 0. The molecule has 0 heterocycles. The Hall–Kier alpha value is -1.11. The lowest BCUT2D eigenvalue weighted by Gasteiger charge is -1.98. The van der Waals surface area contributed by atoms with Crippen molar-refractivity contribution in [3.8, 4) is 0 Å². The highest BCUT2D eigenvalue weighted by atomic mass is 14.7. The normalized spacial score (nSPS) is 10.8. The number of aliphatic imine (C=N–C) groups is 1. The Morgan fingerprint density at radius 1 is 1.09 bits per heavy atom. The molecule has 0 atom stereocenters. The van der Waals surface area contributed by atoms with Gasteiger partial charge in [0.25, 0.3) is 0 Å². The van der Waals surface area contributed by atoms with Crippen LogP contribution < -0.4 is 0 Å². The third-order valence-corrected chi connectivity index (χ3v) is 1.48. The minimum absolute atomic E-state index is 1.05. The highest BCUT2D eigenvalue weighted by Gasteiger charge is 1.90. The topological polar surface area (TPSA) is 12.4 Å². The van der Waals surface area contributed by atoms with E-state index in [4.69, 9.17) is 0 Å². The maximum absolute atomic E-state index is 4.20. The molecule has 0 aromatic heterocycles. The van der Waals surface area contributed by atoms with Gasteiger partial charge in [0.05, 0.1) is 5.69 Å². The minimum atomic E-state index is 1.05. The van der Waals surface area contributed by atoms with E-state index in [1.54, 1.807) is 0 Å². The van der Waals surface area contributed by atoms with Crippen LogP contribution in [0, 0.1) is 13.8 Å². The average molecular weight is 147 g/mol. The molecule has 58 valence electrons. The van der Waals surface area contributed by atoms with E-state index in [9.17, 15) is 0 Å². The first-order chi connectivity index (χ1) is 5.22. The van der Waals surface area contributed by atoms with Crippen LogP contribution in [0.25, 0.3) is 0 Å². The largest absolute Gasteiger partial charge is 0.262 e. The van der Waals surface area contributed by atoms with Crippen molar-refractivity contribution in [2.24, 2.45) is 4.99 Å². The fourth-order valence-corrected chi connectivity index (χ4v) is 1.17. The van der Waals surface area contributed by atoms with Crippen molar-refractivity contribution in [3.05, 3.63) is 29.3 Å². The zero-order chi connectivity index (χ0) is 8.27. The van der Waals surface area contributed by atoms with Crippen LogP contribution in [-0.4, -0.2) is 6.21 Å². The van der Waals surface area contributed by atoms with Crippen LogP contribution in [0.4, 0.5) is 5.69 Å². The number of hydrogen-bond acceptors (Lipinski definition) is 1. The van der Waals surface area contributed by atoms with E-state index >= 15 is 0 Å². The molecule has 0 amide bonds. The van der Waals surface area contributed by atoms with Crippen molar-refractivity contribution in [2.75, 3.05) is 0 Å². The predicted octanol–water partition coefficient (Wildman–Crippen LogP) is 3.03. The zero-order valence-electron chi connectivity index (χ0n) is 7.26. The Morgan fingerprint density at radius 2 is 1.64 bits per heavy atom. The van der Waals surface area contributed by atoms with Crippen molar-refractivity contribution in [3.63, 3.8) is 0 Å². The Bertz CT molecular complexity index is 254. The second-order valence-electron chi connectivity index (χ2n) is 2.73. The molecule has 0 aliphatic rings. The fourth-order valence-electron chi connectivity index (χ4n) is 1.17. The van der Waals surface area contributed by atoms with Crippen LogP contribution in [0.15, 0.2) is 23.2 Å². The van der Waals surface area contributed by atoms with Gasteiger partial charge in [-0.2, -0.15) is 0 Å². The molecule has 1 heteroatoms. The minimum Gasteiger partial charge on any atom is -0.262 e. The average Bonchev–Trinajstić information content (AvgIpc) is 1.85. The number of benzene rings is 1. The van der Waals surface area contributed by atoms with Crippen LogP contribution in [0.1, 0.15) is 18.1 Å². The Balaban J connectivity index is 3.08. The SMILES string of the molecule is C/C=N\c1cc(C)cc(C)c1. The Labute approximate surface area is 67.8 Å². The summed E-state index contributed by atoms with van der Waals surface area (Å²) in [6.07, 6.45) is 1.81. The summed E-state index contributed by atoms with van der Waals surface area (Å²) in [4.78, 5) is 4.20. The standard InChI is InChI=1S/C10H13N/c1-4-11-10-6-8(2)5-9(3)7-10/h4-7H,1-3H3/b11-4-. The summed E-state index contributed by atoms with van der Waals surface area (Å²) in [6, 6.07) is 6.30. The van der Waals surface area contributed by atoms with E-state index in [1.807, 2.05) is 13.1 Å². The Morgan fingerprint density at radius 3 is 2.09 bits per heavy atom. The lowest BCUT2D eigenvalue weighted by molar-refractivity contribution is 1.36. The molecule has 0 N–H and O–H groups in total. The third-order valence-electron chi connectivity index (χ3n) is 1.48. The van der Waals surface area contributed by atoms with Gasteiger partial charge in [0, 0.05) is 6.21 Å². The lowest BCUT2D eigenvalue weighted by Crippen LogP contribution is -1.75. The monoisotopic (exact) mass is 147 g/mol. The fraction of sp³-hybridized carbons (Fsp3) is 0.300. The van der Waals surface area contributed by atoms with Crippen molar-refractivity contribution < 1.29 is 0 Å². The van der Waals surface area contributed by atoms with Crippen LogP contribution in [0.2, 0.25) is 0 Å². The van der Waals surface area contributed by atoms with Gasteiger partial charge in [-0.1, -0.05) is 6.07 Å². The summed E-state index contributed by atoms with van der Waals surface area (Å²) in [5.74, 6) is 0. The van der Waals surface area contributed by atoms with Crippen LogP contribution in [-0.2, 0) is 0 Å². The van der Waals surface area contributed by atoms with E-state index < -0.39 is 0 Å². The lowest BCUT2D eigenvalue weighted by atomic mass is 10.1. The summed E-state index contributed by atoms with van der Waals surface area (Å²) in [5.41, 5.74) is 3.58. The predicted molar refractivity (Wildman–Crippen MR) is 49.7 cm³/mol. The van der Waals surface area contributed by atoms with Gasteiger partial charge in [-0.15, -0.1) is 0 Å². The summed E-state index contributed by atoms with van der Waals surface area (Å²) >= 11 is 0. The van der Waals surface area contributed by atoms with Crippen LogP contribution in [0.5, 0.6) is 0 Å². The molecule has 0 aliphatic heterocycles. The van der Waals surface area contributed by atoms with E-state index in [1.165, 1.54) is 11.1 Å². The van der Waals surface area contributed by atoms with Crippen LogP contribution in [0.3, 0.4) is 0 Å². The quantitative estimate of drug-likeness (QED) is 0.541. The highest BCUT2D eigenvalue weighted by Crippen LogP contribution is 2.15. The molecular weight excluding hydrogens is 134 g/mol. The molecule has 0 saturated heterocycles. The maximum Gasteiger partial charge on any atom is 0.0630 e. The molecule has 0 fully saturated rings. The van der Waals surface area contributed by atoms with Crippen molar-refractivity contribution in [2.45, 2.75) is 20.8 Å². The number of rotatable bonds is 1. The molecule has 1 nitrogen and oxygen atoms in total. The molecule has 0 spiro atoms. The van der Waals surface area contributed by atoms with Gasteiger partial charge in [0.15, 0.2) is 0 Å². The summed E-state index contributed by atoms with van der Waals surface area (Å²) in [6.45, 7) is 6.10. The molecule has 1 aromatic rings. The van der Waals surface area contributed by atoms with Gasteiger partial charge >= 0.3 is 0 Å². The molecule has 0 radical (unpaired) electrons. The van der Waals surface area contributed by atoms with Crippen molar-refractivity contribution >= 4 is 11.9 Å². The second kappa shape index (κ2) is 3.33. The van der Waals surface area contributed by atoms with E-state index in [2.05, 4.69) is 37.0 Å². The van der Waals surface area contributed by atoms with Crippen molar-refractivity contribution in [1.29, 1.82) is 0 Å². The van der Waals surface area contributed by atoms with Gasteiger partial charge in [0.1, 0.15) is 0 Å². The molecule has 0 unspecified atom stereocenters. The first-order valence-electron chi connectivity index (χ1n) is 3.79. The molecule has 0 bridgehead atoms. The number of aryl methyl sites for hydroxylation is 2. The van der Waals surface area contributed by atoms with Gasteiger partial charge < -0.3 is 0 Å². The van der Waals surface area contributed by atoms with Gasteiger partial charge in [-0.05, 0) is 44.0 Å². The first kappa shape index (κ1) is 7.99. The third kappa shape index (κ3) is 2.19. The van der Waals surface area contributed by atoms with E-state index in [0.717, 1.165) is 5.69 Å². The van der Waals surface area contributed by atoms with Gasteiger partial charge in [-0.25, -0.2) is 0 Å². The second-order valence-corrected chi connectivity index (χ2v) is 2.73. The molecule has 1 aromatic carbocycles. The molecular formula is C10H13N. The first-order valence-corrected chi connectivity index (χ1v) is 3.79. The molecule has 0 aliphatic carbocycles. The van der Waals surface area contributed by atoms with E-state index in [0.29, 0.717) is 0 Å². The zero-order valence-corrected chi connectivity index (χ0v) is 7.26. The summed E-state index contributed by atoms with van der Waals surface area (Å²) < 4.78 is 0. The highest BCUT2D eigenvalue weighted by molar-refractivity contribution is 5.61. The number of hydrogen-bond donors (Lipinski definition) is 0. The molecule has 11 heavy (non-hydrogen) atoms. The maximum atomic E-state index is 4.20. The van der Waals surface area contributed by atoms with E-state index in [-0.39, 0.29) is 0 Å². The molecule has 0 saturated carbocycles.